The van der Waals surface area contributed by atoms with Crippen LogP contribution in [-0.4, -0.2) is 43.1 Å². The average molecular weight is 267 g/mol. The minimum Gasteiger partial charge on any atom is -0.496 e. The maximum Gasteiger partial charge on any atom is 0.124 e. The van der Waals surface area contributed by atoms with Crippen LogP contribution >= 0.6 is 0 Å². The van der Waals surface area contributed by atoms with Gasteiger partial charge in [0, 0.05) is 12.6 Å². The molecule has 0 radical (unpaired) electrons. The predicted octanol–water partition coefficient (Wildman–Crippen LogP) is 1.19. The second-order valence-corrected chi connectivity index (χ2v) is 4.86. The van der Waals surface area contributed by atoms with E-state index in [9.17, 15) is 0 Å². The molecule has 0 spiro atoms. The fraction of sp³-hybridized carbons (Fsp3) is 0.600. The van der Waals surface area contributed by atoms with Crippen molar-refractivity contribution in [3.8, 4) is 5.75 Å². The van der Waals surface area contributed by atoms with Crippen LogP contribution in [0.3, 0.4) is 0 Å². The third-order valence-corrected chi connectivity index (χ3v) is 3.27. The molecule has 0 aromatic heterocycles. The molecule has 0 saturated heterocycles. The Morgan fingerprint density at radius 3 is 2.32 bits per heavy atom. The van der Waals surface area contributed by atoms with E-state index in [1.807, 2.05) is 13.8 Å². The monoisotopic (exact) mass is 267 g/mol. The molecular formula is C15H25NO3. The van der Waals surface area contributed by atoms with E-state index < -0.39 is 0 Å². The molecule has 0 aliphatic rings. The van der Waals surface area contributed by atoms with E-state index >= 15 is 0 Å². The third-order valence-electron chi connectivity index (χ3n) is 3.27. The summed E-state index contributed by atoms with van der Waals surface area (Å²) < 4.78 is 5.35. The van der Waals surface area contributed by atoms with Gasteiger partial charge in [0.2, 0.25) is 0 Å². The zero-order valence-corrected chi connectivity index (χ0v) is 12.1. The number of hydrogen-bond donors (Lipinski definition) is 3. The van der Waals surface area contributed by atoms with Crippen molar-refractivity contribution < 1.29 is 14.9 Å². The Kier molecular flexibility index (Phi) is 6.84. The number of rotatable bonds is 8. The molecule has 1 unspecified atom stereocenters. The summed E-state index contributed by atoms with van der Waals surface area (Å²) in [6, 6.07) is 4.24. The highest BCUT2D eigenvalue weighted by atomic mass is 16.5. The van der Waals surface area contributed by atoms with Gasteiger partial charge in [-0.3, -0.25) is 0 Å². The van der Waals surface area contributed by atoms with Crippen LogP contribution in [0.5, 0.6) is 5.75 Å². The zero-order valence-electron chi connectivity index (χ0n) is 12.1. The van der Waals surface area contributed by atoms with Crippen molar-refractivity contribution in [2.24, 2.45) is 0 Å². The van der Waals surface area contributed by atoms with E-state index in [1.54, 1.807) is 7.11 Å². The molecule has 0 saturated carbocycles. The standard InChI is InChI=1S/C15H25NO3/c1-11-8-13(9-12(2)15(11)19-3)4-6-16-14(10-18)5-7-17/h8-9,14,16-18H,4-7,10H2,1-3H3. The van der Waals surface area contributed by atoms with Crippen LogP contribution < -0.4 is 10.1 Å². The van der Waals surface area contributed by atoms with Gasteiger partial charge in [-0.25, -0.2) is 0 Å². The first-order chi connectivity index (χ1) is 9.12. The number of methoxy groups -OCH3 is 1. The Labute approximate surface area is 115 Å². The number of aryl methyl sites for hydroxylation is 2. The van der Waals surface area contributed by atoms with Crippen molar-refractivity contribution in [1.29, 1.82) is 0 Å². The van der Waals surface area contributed by atoms with Crippen molar-refractivity contribution in [1.82, 2.24) is 5.32 Å². The lowest BCUT2D eigenvalue weighted by atomic mass is 10.0. The van der Waals surface area contributed by atoms with Crippen LogP contribution in [0.15, 0.2) is 12.1 Å². The Balaban J connectivity index is 2.54. The van der Waals surface area contributed by atoms with Gasteiger partial charge >= 0.3 is 0 Å². The fourth-order valence-electron chi connectivity index (χ4n) is 2.34. The molecule has 0 amide bonds. The average Bonchev–Trinajstić information content (AvgIpc) is 2.37. The Morgan fingerprint density at radius 2 is 1.84 bits per heavy atom. The van der Waals surface area contributed by atoms with E-state index in [0.29, 0.717) is 6.42 Å². The van der Waals surface area contributed by atoms with E-state index in [1.165, 1.54) is 5.56 Å². The molecule has 0 fully saturated rings. The first-order valence-electron chi connectivity index (χ1n) is 6.71. The lowest BCUT2D eigenvalue weighted by Gasteiger charge is -2.16. The van der Waals surface area contributed by atoms with Gasteiger partial charge in [0.1, 0.15) is 5.75 Å². The van der Waals surface area contributed by atoms with Crippen molar-refractivity contribution >= 4 is 0 Å². The zero-order chi connectivity index (χ0) is 14.3. The van der Waals surface area contributed by atoms with Gasteiger partial charge in [0.15, 0.2) is 0 Å². The van der Waals surface area contributed by atoms with Crippen molar-refractivity contribution in [2.45, 2.75) is 32.7 Å². The van der Waals surface area contributed by atoms with Gasteiger partial charge in [-0.05, 0) is 49.9 Å². The molecule has 0 heterocycles. The van der Waals surface area contributed by atoms with E-state index in [-0.39, 0.29) is 19.3 Å². The van der Waals surface area contributed by atoms with E-state index in [2.05, 4.69) is 17.4 Å². The molecule has 1 atom stereocenters. The third kappa shape index (κ3) is 4.82. The Hall–Kier alpha value is -1.10. The van der Waals surface area contributed by atoms with Crippen LogP contribution in [0.25, 0.3) is 0 Å². The SMILES string of the molecule is COc1c(C)cc(CCNC(CO)CCO)cc1C. The van der Waals surface area contributed by atoms with Crippen molar-refractivity contribution in [2.75, 3.05) is 26.9 Å². The van der Waals surface area contributed by atoms with Crippen LogP contribution in [0, 0.1) is 13.8 Å². The highest BCUT2D eigenvalue weighted by Gasteiger charge is 2.07. The quantitative estimate of drug-likeness (QED) is 0.662. The fourth-order valence-corrected chi connectivity index (χ4v) is 2.34. The number of aliphatic hydroxyl groups excluding tert-OH is 2. The van der Waals surface area contributed by atoms with Gasteiger partial charge in [-0.1, -0.05) is 12.1 Å². The van der Waals surface area contributed by atoms with Crippen LogP contribution in [0.1, 0.15) is 23.1 Å². The largest absolute Gasteiger partial charge is 0.496 e. The highest BCUT2D eigenvalue weighted by Crippen LogP contribution is 2.24. The minimum absolute atomic E-state index is 0.0227. The lowest BCUT2D eigenvalue weighted by molar-refractivity contribution is 0.201. The summed E-state index contributed by atoms with van der Waals surface area (Å²) in [7, 11) is 1.69. The molecular weight excluding hydrogens is 242 g/mol. The summed E-state index contributed by atoms with van der Waals surface area (Å²) in [5.74, 6) is 0.949. The molecule has 0 bridgehead atoms. The summed E-state index contributed by atoms with van der Waals surface area (Å²) in [4.78, 5) is 0. The predicted molar refractivity (Wildman–Crippen MR) is 76.8 cm³/mol. The summed E-state index contributed by atoms with van der Waals surface area (Å²) in [6.45, 7) is 5.03. The van der Waals surface area contributed by atoms with Crippen LogP contribution in [-0.2, 0) is 6.42 Å². The second-order valence-electron chi connectivity index (χ2n) is 4.86. The number of aliphatic hydroxyl groups is 2. The van der Waals surface area contributed by atoms with Gasteiger partial charge < -0.3 is 20.3 Å². The van der Waals surface area contributed by atoms with Gasteiger partial charge in [-0.2, -0.15) is 0 Å². The summed E-state index contributed by atoms with van der Waals surface area (Å²) >= 11 is 0. The number of nitrogens with one attached hydrogen (secondary N) is 1. The molecule has 0 aliphatic carbocycles. The van der Waals surface area contributed by atoms with Crippen LogP contribution in [0.4, 0.5) is 0 Å². The number of ether oxygens (including phenoxy) is 1. The number of hydrogen-bond acceptors (Lipinski definition) is 4. The smallest absolute Gasteiger partial charge is 0.124 e. The van der Waals surface area contributed by atoms with Crippen molar-refractivity contribution in [3.05, 3.63) is 28.8 Å². The van der Waals surface area contributed by atoms with Crippen molar-refractivity contribution in [3.63, 3.8) is 0 Å². The highest BCUT2D eigenvalue weighted by molar-refractivity contribution is 5.43. The normalized spacial score (nSPS) is 12.5. The van der Waals surface area contributed by atoms with Gasteiger partial charge in [-0.15, -0.1) is 0 Å². The summed E-state index contributed by atoms with van der Waals surface area (Å²) in [5.41, 5.74) is 3.54. The van der Waals surface area contributed by atoms with E-state index in [0.717, 1.165) is 29.8 Å². The second kappa shape index (κ2) is 8.15. The minimum atomic E-state index is -0.0227. The lowest BCUT2D eigenvalue weighted by Crippen LogP contribution is -2.34. The maximum atomic E-state index is 9.12. The molecule has 3 N–H and O–H groups in total. The Morgan fingerprint density at radius 1 is 1.21 bits per heavy atom. The molecule has 1 aromatic carbocycles. The Bertz CT molecular complexity index is 370. The number of benzene rings is 1. The first kappa shape index (κ1) is 16.0. The van der Waals surface area contributed by atoms with Gasteiger partial charge in [0.05, 0.1) is 13.7 Å². The summed E-state index contributed by atoms with van der Waals surface area (Å²) in [5, 5.41) is 21.2. The first-order valence-corrected chi connectivity index (χ1v) is 6.71. The molecule has 1 aromatic rings. The molecule has 4 nitrogen and oxygen atoms in total. The maximum absolute atomic E-state index is 9.12. The topological polar surface area (TPSA) is 61.7 Å². The van der Waals surface area contributed by atoms with Crippen LogP contribution in [0.2, 0.25) is 0 Å². The summed E-state index contributed by atoms with van der Waals surface area (Å²) in [6.07, 6.45) is 1.48. The van der Waals surface area contributed by atoms with Gasteiger partial charge in [0.25, 0.3) is 0 Å². The molecule has 4 heteroatoms. The molecule has 108 valence electrons. The molecule has 19 heavy (non-hydrogen) atoms. The molecule has 0 aliphatic heterocycles. The van der Waals surface area contributed by atoms with E-state index in [4.69, 9.17) is 14.9 Å². The molecule has 1 rings (SSSR count).